The van der Waals surface area contributed by atoms with Gasteiger partial charge in [-0.05, 0) is 18.8 Å². The van der Waals surface area contributed by atoms with Crippen molar-refractivity contribution in [3.05, 3.63) is 0 Å². The second-order valence-corrected chi connectivity index (χ2v) is 7.45. The minimum atomic E-state index is -3.09. The average molecular weight is 295 g/mol. The molecule has 0 aromatic rings. The molecule has 2 fully saturated rings. The standard InChI is InChI=1S/C11H19ClN2O3S/c1-18(16,17)13-4-2-10(3-5-13)14-8-9(7-12)6-11(14)15/h9-10H,2-8H2,1H3. The van der Waals surface area contributed by atoms with Crippen molar-refractivity contribution in [2.45, 2.75) is 25.3 Å². The first kappa shape index (κ1) is 14.1. The third-order valence-electron chi connectivity index (χ3n) is 3.79. The number of rotatable bonds is 3. The van der Waals surface area contributed by atoms with Gasteiger partial charge in [-0.3, -0.25) is 4.79 Å². The Morgan fingerprint density at radius 1 is 1.33 bits per heavy atom. The van der Waals surface area contributed by atoms with Crippen molar-refractivity contribution in [1.29, 1.82) is 0 Å². The van der Waals surface area contributed by atoms with Crippen molar-refractivity contribution in [2.75, 3.05) is 31.8 Å². The van der Waals surface area contributed by atoms with E-state index >= 15 is 0 Å². The molecule has 5 nitrogen and oxygen atoms in total. The average Bonchev–Trinajstić information content (AvgIpc) is 2.70. The van der Waals surface area contributed by atoms with Crippen LogP contribution in [0.15, 0.2) is 0 Å². The van der Waals surface area contributed by atoms with Crippen molar-refractivity contribution in [3.63, 3.8) is 0 Å². The van der Waals surface area contributed by atoms with E-state index in [4.69, 9.17) is 11.6 Å². The molecular formula is C11H19ClN2O3S. The summed E-state index contributed by atoms with van der Waals surface area (Å²) in [5.74, 6) is 0.940. The fraction of sp³-hybridized carbons (Fsp3) is 0.909. The number of alkyl halides is 1. The number of sulfonamides is 1. The van der Waals surface area contributed by atoms with E-state index in [1.807, 2.05) is 4.90 Å². The molecular weight excluding hydrogens is 276 g/mol. The molecule has 104 valence electrons. The molecule has 7 heteroatoms. The van der Waals surface area contributed by atoms with Crippen molar-refractivity contribution >= 4 is 27.5 Å². The maximum Gasteiger partial charge on any atom is 0.223 e. The van der Waals surface area contributed by atoms with Gasteiger partial charge in [0, 0.05) is 38.0 Å². The molecule has 0 aliphatic carbocycles. The van der Waals surface area contributed by atoms with Crippen LogP contribution in [0.2, 0.25) is 0 Å². The third-order valence-corrected chi connectivity index (χ3v) is 5.53. The molecule has 0 N–H and O–H groups in total. The van der Waals surface area contributed by atoms with E-state index in [1.165, 1.54) is 10.6 Å². The number of amides is 1. The normalized spacial score (nSPS) is 28.0. The van der Waals surface area contributed by atoms with Gasteiger partial charge in [-0.15, -0.1) is 11.6 Å². The molecule has 18 heavy (non-hydrogen) atoms. The lowest BCUT2D eigenvalue weighted by Crippen LogP contribution is -2.47. The number of carbonyl (C=O) groups excluding carboxylic acids is 1. The Morgan fingerprint density at radius 2 is 1.94 bits per heavy atom. The van der Waals surface area contributed by atoms with E-state index in [0.29, 0.717) is 25.4 Å². The van der Waals surface area contributed by atoms with E-state index in [9.17, 15) is 13.2 Å². The van der Waals surface area contributed by atoms with Crippen LogP contribution in [-0.2, 0) is 14.8 Å². The first-order valence-corrected chi connectivity index (χ1v) is 8.60. The summed E-state index contributed by atoms with van der Waals surface area (Å²) in [6.45, 7) is 1.75. The Labute approximate surface area is 113 Å². The van der Waals surface area contributed by atoms with E-state index < -0.39 is 10.0 Å². The molecule has 1 amide bonds. The lowest BCUT2D eigenvalue weighted by molar-refractivity contribution is -0.130. The molecule has 0 aromatic heterocycles. The van der Waals surface area contributed by atoms with Gasteiger partial charge in [0.1, 0.15) is 0 Å². The van der Waals surface area contributed by atoms with E-state index in [1.54, 1.807) is 0 Å². The molecule has 0 aromatic carbocycles. The zero-order valence-electron chi connectivity index (χ0n) is 10.5. The Bertz CT molecular complexity index is 418. The Morgan fingerprint density at radius 3 is 2.39 bits per heavy atom. The van der Waals surface area contributed by atoms with E-state index in [2.05, 4.69) is 0 Å². The SMILES string of the molecule is CS(=O)(=O)N1CCC(N2CC(CCl)CC2=O)CC1. The minimum absolute atomic E-state index is 0.165. The van der Waals surface area contributed by atoms with Gasteiger partial charge in [0.2, 0.25) is 15.9 Å². The summed E-state index contributed by atoms with van der Waals surface area (Å²) in [7, 11) is -3.09. The van der Waals surface area contributed by atoms with Crippen LogP contribution in [0.4, 0.5) is 0 Å². The highest BCUT2D eigenvalue weighted by Crippen LogP contribution is 2.26. The highest BCUT2D eigenvalue weighted by Gasteiger charge is 2.36. The number of likely N-dealkylation sites (tertiary alicyclic amines) is 1. The maximum absolute atomic E-state index is 11.9. The van der Waals surface area contributed by atoms with Gasteiger partial charge in [0.15, 0.2) is 0 Å². The summed E-state index contributed by atoms with van der Waals surface area (Å²) in [5, 5.41) is 0. The van der Waals surface area contributed by atoms with Gasteiger partial charge in [-0.25, -0.2) is 12.7 Å². The summed E-state index contributed by atoms with van der Waals surface area (Å²) in [5.41, 5.74) is 0. The quantitative estimate of drug-likeness (QED) is 0.712. The van der Waals surface area contributed by atoms with Crippen LogP contribution >= 0.6 is 11.6 Å². The van der Waals surface area contributed by atoms with Gasteiger partial charge in [-0.2, -0.15) is 0 Å². The minimum Gasteiger partial charge on any atom is -0.339 e. The van der Waals surface area contributed by atoms with E-state index in [-0.39, 0.29) is 17.9 Å². The van der Waals surface area contributed by atoms with Gasteiger partial charge in [-0.1, -0.05) is 0 Å². The third kappa shape index (κ3) is 2.97. The van der Waals surface area contributed by atoms with E-state index in [0.717, 1.165) is 19.4 Å². The second-order valence-electron chi connectivity index (χ2n) is 5.16. The number of hydrogen-bond acceptors (Lipinski definition) is 3. The highest BCUT2D eigenvalue weighted by molar-refractivity contribution is 7.88. The number of carbonyl (C=O) groups is 1. The summed E-state index contributed by atoms with van der Waals surface area (Å²) < 4.78 is 24.3. The van der Waals surface area contributed by atoms with Crippen molar-refractivity contribution < 1.29 is 13.2 Å². The molecule has 2 rings (SSSR count). The molecule has 0 radical (unpaired) electrons. The lowest BCUT2D eigenvalue weighted by atomic mass is 10.1. The number of nitrogens with zero attached hydrogens (tertiary/aromatic N) is 2. The van der Waals surface area contributed by atoms with Gasteiger partial charge in [0.05, 0.1) is 6.26 Å². The molecule has 0 spiro atoms. The highest BCUT2D eigenvalue weighted by atomic mass is 35.5. The zero-order valence-corrected chi connectivity index (χ0v) is 12.1. The lowest BCUT2D eigenvalue weighted by Gasteiger charge is -2.35. The fourth-order valence-corrected chi connectivity index (χ4v) is 3.83. The Hall–Kier alpha value is -0.330. The van der Waals surface area contributed by atoms with Crippen LogP contribution in [0.5, 0.6) is 0 Å². The summed E-state index contributed by atoms with van der Waals surface area (Å²) >= 11 is 5.79. The first-order valence-electron chi connectivity index (χ1n) is 6.22. The zero-order chi connectivity index (χ0) is 13.3. The molecule has 1 unspecified atom stereocenters. The predicted molar refractivity (Wildman–Crippen MR) is 70.0 cm³/mol. The Kier molecular flexibility index (Phi) is 4.18. The van der Waals surface area contributed by atoms with Gasteiger partial charge in [0.25, 0.3) is 0 Å². The predicted octanol–water partition coefficient (Wildman–Crippen LogP) is 0.498. The maximum atomic E-state index is 11.9. The summed E-state index contributed by atoms with van der Waals surface area (Å²) in [6.07, 6.45) is 3.23. The smallest absolute Gasteiger partial charge is 0.223 e. The largest absolute Gasteiger partial charge is 0.339 e. The molecule has 2 saturated heterocycles. The second kappa shape index (κ2) is 5.35. The van der Waals surface area contributed by atoms with Crippen molar-refractivity contribution in [1.82, 2.24) is 9.21 Å². The fourth-order valence-electron chi connectivity index (χ4n) is 2.75. The molecule has 0 bridgehead atoms. The van der Waals surface area contributed by atoms with Gasteiger partial charge >= 0.3 is 0 Å². The van der Waals surface area contributed by atoms with Crippen LogP contribution in [-0.4, -0.2) is 61.3 Å². The number of hydrogen-bond donors (Lipinski definition) is 0. The monoisotopic (exact) mass is 294 g/mol. The summed E-state index contributed by atoms with van der Waals surface area (Å²) in [6, 6.07) is 0.184. The molecule has 2 aliphatic heterocycles. The van der Waals surface area contributed by atoms with Crippen LogP contribution in [0.3, 0.4) is 0 Å². The van der Waals surface area contributed by atoms with Crippen LogP contribution < -0.4 is 0 Å². The first-order chi connectivity index (χ1) is 8.41. The van der Waals surface area contributed by atoms with Crippen LogP contribution in [0.1, 0.15) is 19.3 Å². The molecule has 2 aliphatic rings. The Balaban J connectivity index is 1.92. The van der Waals surface area contributed by atoms with Gasteiger partial charge < -0.3 is 4.90 Å². The van der Waals surface area contributed by atoms with Crippen molar-refractivity contribution in [2.24, 2.45) is 5.92 Å². The summed E-state index contributed by atoms with van der Waals surface area (Å²) in [4.78, 5) is 13.8. The van der Waals surface area contributed by atoms with Crippen LogP contribution in [0, 0.1) is 5.92 Å². The molecule has 2 heterocycles. The molecule has 0 saturated carbocycles. The topological polar surface area (TPSA) is 57.7 Å². The number of halogens is 1. The molecule has 1 atom stereocenters. The number of piperidine rings is 1. The van der Waals surface area contributed by atoms with Crippen molar-refractivity contribution in [3.8, 4) is 0 Å². The van der Waals surface area contributed by atoms with Crippen LogP contribution in [0.25, 0.3) is 0 Å².